The summed E-state index contributed by atoms with van der Waals surface area (Å²) >= 11 is 3.24. The fourth-order valence-electron chi connectivity index (χ4n) is 0.724. The molecule has 0 unspecified atom stereocenters. The van der Waals surface area contributed by atoms with Crippen LogP contribution in [0.15, 0.2) is 18.3 Å². The summed E-state index contributed by atoms with van der Waals surface area (Å²) in [4.78, 5) is 3.84. The van der Waals surface area contributed by atoms with Crippen LogP contribution in [-0.4, -0.2) is 18.0 Å². The molecule has 0 spiro atoms. The van der Waals surface area contributed by atoms with Gasteiger partial charge < -0.3 is 4.74 Å². The Morgan fingerprint density at radius 2 is 2.23 bits per heavy atom. The van der Waals surface area contributed by atoms with Gasteiger partial charge in [-0.15, -0.1) is 0 Å². The first-order valence-corrected chi connectivity index (χ1v) is 4.76. The molecule has 1 aromatic rings. The molecule has 0 aromatic carbocycles. The van der Waals surface area contributed by atoms with E-state index in [0.717, 1.165) is 5.56 Å². The van der Waals surface area contributed by atoms with Crippen molar-refractivity contribution in [2.24, 2.45) is 0 Å². The third-order valence-corrected chi connectivity index (χ3v) is 1.96. The summed E-state index contributed by atoms with van der Waals surface area (Å²) in [5, 5.41) is 0.690. The van der Waals surface area contributed by atoms with Crippen LogP contribution in [0, 0.1) is 0 Å². The molecule has 13 heavy (non-hydrogen) atoms. The highest BCUT2D eigenvalue weighted by Crippen LogP contribution is 2.10. The Bertz CT molecular complexity index is 253. The average molecular weight is 252 g/mol. The van der Waals surface area contributed by atoms with Gasteiger partial charge >= 0.3 is 0 Å². The van der Waals surface area contributed by atoms with Gasteiger partial charge in [-0.05, 0) is 5.56 Å². The number of pyridine rings is 1. The maximum absolute atomic E-state index is 11.7. The first-order chi connectivity index (χ1) is 6.22. The van der Waals surface area contributed by atoms with E-state index < -0.39 is 13.0 Å². The summed E-state index contributed by atoms with van der Waals surface area (Å²) in [5.41, 5.74) is 0.976. The van der Waals surface area contributed by atoms with Gasteiger partial charge in [0.05, 0.1) is 0 Å². The van der Waals surface area contributed by atoms with E-state index in [9.17, 15) is 8.78 Å². The van der Waals surface area contributed by atoms with Gasteiger partial charge in [-0.1, -0.05) is 22.0 Å². The number of alkyl halides is 3. The van der Waals surface area contributed by atoms with Crippen LogP contribution < -0.4 is 4.74 Å². The molecule has 5 heteroatoms. The van der Waals surface area contributed by atoms with E-state index in [-0.39, 0.29) is 5.88 Å². The summed E-state index contributed by atoms with van der Waals surface area (Å²) in [6, 6.07) is 3.33. The average Bonchev–Trinajstić information content (AvgIpc) is 2.15. The zero-order valence-corrected chi connectivity index (χ0v) is 8.30. The molecular formula is C8H8BrF2NO. The second kappa shape index (κ2) is 5.11. The minimum atomic E-state index is -2.46. The van der Waals surface area contributed by atoms with Crippen LogP contribution in [0.2, 0.25) is 0 Å². The van der Waals surface area contributed by atoms with Gasteiger partial charge in [-0.3, -0.25) is 0 Å². The number of halogens is 3. The van der Waals surface area contributed by atoms with Crippen LogP contribution in [0.5, 0.6) is 5.88 Å². The minimum absolute atomic E-state index is 0.227. The summed E-state index contributed by atoms with van der Waals surface area (Å²) in [6.45, 7) is -0.610. The third kappa shape index (κ3) is 3.67. The molecule has 0 fully saturated rings. The monoisotopic (exact) mass is 251 g/mol. The normalized spacial score (nSPS) is 10.5. The van der Waals surface area contributed by atoms with Crippen molar-refractivity contribution < 1.29 is 13.5 Å². The van der Waals surface area contributed by atoms with Crippen molar-refractivity contribution in [3.05, 3.63) is 23.9 Å². The molecule has 72 valence electrons. The van der Waals surface area contributed by atoms with E-state index in [1.54, 1.807) is 18.3 Å². The minimum Gasteiger partial charge on any atom is -0.472 e. The Morgan fingerprint density at radius 3 is 2.69 bits per heavy atom. The highest BCUT2D eigenvalue weighted by molar-refractivity contribution is 9.08. The van der Waals surface area contributed by atoms with Crippen LogP contribution in [0.3, 0.4) is 0 Å². The lowest BCUT2D eigenvalue weighted by atomic mass is 10.3. The molecule has 0 N–H and O–H groups in total. The van der Waals surface area contributed by atoms with Crippen molar-refractivity contribution >= 4 is 15.9 Å². The van der Waals surface area contributed by atoms with E-state index in [1.807, 2.05) is 0 Å². The van der Waals surface area contributed by atoms with Crippen molar-refractivity contribution in [2.75, 3.05) is 6.61 Å². The molecule has 0 aliphatic rings. The smallest absolute Gasteiger partial charge is 0.272 e. The molecule has 0 atom stereocenters. The fraction of sp³-hybridized carbons (Fsp3) is 0.375. The number of rotatable bonds is 4. The van der Waals surface area contributed by atoms with E-state index in [4.69, 9.17) is 4.74 Å². The van der Waals surface area contributed by atoms with Crippen LogP contribution in [0.25, 0.3) is 0 Å². The molecule has 0 bridgehead atoms. The fourth-order valence-corrected chi connectivity index (χ4v) is 1.06. The quantitative estimate of drug-likeness (QED) is 0.768. The molecule has 1 rings (SSSR count). The van der Waals surface area contributed by atoms with Crippen LogP contribution in [-0.2, 0) is 5.33 Å². The Balaban J connectivity index is 2.49. The van der Waals surface area contributed by atoms with Crippen LogP contribution in [0.1, 0.15) is 5.56 Å². The van der Waals surface area contributed by atoms with Gasteiger partial charge in [0.25, 0.3) is 6.43 Å². The number of nitrogens with zero attached hydrogens (tertiary/aromatic N) is 1. The lowest BCUT2D eigenvalue weighted by Gasteiger charge is -2.03. The molecule has 0 saturated carbocycles. The zero-order chi connectivity index (χ0) is 9.68. The van der Waals surface area contributed by atoms with E-state index in [1.165, 1.54) is 0 Å². The molecule has 2 nitrogen and oxygen atoms in total. The van der Waals surface area contributed by atoms with Crippen LogP contribution in [0.4, 0.5) is 8.78 Å². The Morgan fingerprint density at radius 1 is 1.46 bits per heavy atom. The van der Waals surface area contributed by atoms with Gasteiger partial charge in [-0.2, -0.15) is 0 Å². The zero-order valence-electron chi connectivity index (χ0n) is 6.71. The van der Waals surface area contributed by atoms with Gasteiger partial charge in [-0.25, -0.2) is 13.8 Å². The largest absolute Gasteiger partial charge is 0.472 e. The number of hydrogen-bond acceptors (Lipinski definition) is 2. The van der Waals surface area contributed by atoms with Crippen molar-refractivity contribution in [1.82, 2.24) is 4.98 Å². The van der Waals surface area contributed by atoms with Gasteiger partial charge in [0.1, 0.15) is 0 Å². The second-order valence-corrected chi connectivity index (χ2v) is 2.90. The summed E-state index contributed by atoms with van der Waals surface area (Å²) in [6.07, 6.45) is -0.882. The van der Waals surface area contributed by atoms with Gasteiger partial charge in [0.15, 0.2) is 6.61 Å². The Hall–Kier alpha value is -0.710. The molecule has 1 heterocycles. The van der Waals surface area contributed by atoms with Gasteiger partial charge in [0.2, 0.25) is 5.88 Å². The van der Waals surface area contributed by atoms with Gasteiger partial charge in [0, 0.05) is 17.6 Å². The predicted molar refractivity (Wildman–Crippen MR) is 48.4 cm³/mol. The topological polar surface area (TPSA) is 22.1 Å². The van der Waals surface area contributed by atoms with E-state index in [2.05, 4.69) is 20.9 Å². The summed E-state index contributed by atoms with van der Waals surface area (Å²) in [7, 11) is 0. The van der Waals surface area contributed by atoms with E-state index in [0.29, 0.717) is 5.33 Å². The standard InChI is InChI=1S/C8H8BrF2NO/c9-3-6-1-2-8(12-4-6)13-5-7(10)11/h1-2,4,7H,3,5H2. The van der Waals surface area contributed by atoms with Crippen molar-refractivity contribution in [3.8, 4) is 5.88 Å². The lowest BCUT2D eigenvalue weighted by Crippen LogP contribution is -2.07. The molecule has 1 aromatic heterocycles. The molecule has 0 aliphatic carbocycles. The van der Waals surface area contributed by atoms with E-state index >= 15 is 0 Å². The Labute approximate surface area is 83.1 Å². The van der Waals surface area contributed by atoms with Crippen molar-refractivity contribution in [1.29, 1.82) is 0 Å². The predicted octanol–water partition coefficient (Wildman–Crippen LogP) is 2.62. The summed E-state index contributed by atoms with van der Waals surface area (Å²) < 4.78 is 28.1. The molecule has 0 amide bonds. The van der Waals surface area contributed by atoms with Crippen molar-refractivity contribution in [3.63, 3.8) is 0 Å². The number of hydrogen-bond donors (Lipinski definition) is 0. The van der Waals surface area contributed by atoms with Crippen LogP contribution >= 0.6 is 15.9 Å². The maximum atomic E-state index is 11.7. The molecule has 0 aliphatic heterocycles. The first kappa shape index (κ1) is 10.4. The second-order valence-electron chi connectivity index (χ2n) is 2.34. The maximum Gasteiger partial charge on any atom is 0.272 e. The highest BCUT2D eigenvalue weighted by Gasteiger charge is 2.03. The molecular weight excluding hydrogens is 244 g/mol. The number of ether oxygens (including phenoxy) is 1. The Kier molecular flexibility index (Phi) is 4.08. The first-order valence-electron chi connectivity index (χ1n) is 3.64. The molecule has 0 saturated heterocycles. The summed E-state index contributed by atoms with van der Waals surface area (Å²) in [5.74, 6) is 0.227. The molecule has 0 radical (unpaired) electrons. The van der Waals surface area contributed by atoms with Crippen molar-refractivity contribution in [2.45, 2.75) is 11.8 Å². The lowest BCUT2D eigenvalue weighted by molar-refractivity contribution is 0.0796. The highest BCUT2D eigenvalue weighted by atomic mass is 79.9. The SMILES string of the molecule is FC(F)COc1ccc(CBr)cn1. The number of aromatic nitrogens is 1. The third-order valence-electron chi connectivity index (χ3n) is 1.31.